The van der Waals surface area contributed by atoms with E-state index >= 15 is 0 Å². The Kier molecular flexibility index (Phi) is 4.56. The number of hydrogen-bond acceptors (Lipinski definition) is 3. The molecule has 1 aromatic heterocycles. The van der Waals surface area contributed by atoms with Crippen molar-refractivity contribution in [2.75, 3.05) is 7.11 Å². The second-order valence-corrected chi connectivity index (χ2v) is 3.84. The van der Waals surface area contributed by atoms with Gasteiger partial charge >= 0.3 is 0 Å². The number of rotatable bonds is 5. The molecular weight excluding hydrogens is 190 g/mol. The first-order valence-corrected chi connectivity index (χ1v) is 5.37. The Morgan fingerprint density at radius 3 is 2.67 bits per heavy atom. The van der Waals surface area contributed by atoms with Gasteiger partial charge in [-0.3, -0.25) is 0 Å². The van der Waals surface area contributed by atoms with E-state index in [2.05, 4.69) is 18.8 Å². The number of ether oxygens (including phenoxy) is 1. The molecule has 2 unspecified atom stereocenters. The van der Waals surface area contributed by atoms with Gasteiger partial charge in [-0.05, 0) is 24.0 Å². The summed E-state index contributed by atoms with van der Waals surface area (Å²) in [7, 11) is 1.58. The minimum atomic E-state index is -0.427. The Bertz CT molecular complexity index is 284. The number of aliphatic hydroxyl groups is 1. The van der Waals surface area contributed by atoms with Crippen molar-refractivity contribution in [1.82, 2.24) is 4.98 Å². The Morgan fingerprint density at radius 1 is 1.47 bits per heavy atom. The Hall–Kier alpha value is -1.09. The fourth-order valence-electron chi connectivity index (χ4n) is 1.63. The molecule has 0 radical (unpaired) electrons. The maximum atomic E-state index is 10.0. The van der Waals surface area contributed by atoms with E-state index in [-0.39, 0.29) is 5.92 Å². The zero-order chi connectivity index (χ0) is 11.3. The van der Waals surface area contributed by atoms with Crippen molar-refractivity contribution in [2.45, 2.75) is 32.8 Å². The van der Waals surface area contributed by atoms with Crippen LogP contribution in [0.25, 0.3) is 0 Å². The highest BCUT2D eigenvalue weighted by atomic mass is 16.5. The number of aromatic nitrogens is 1. The largest absolute Gasteiger partial charge is 0.481 e. The maximum Gasteiger partial charge on any atom is 0.212 e. The Morgan fingerprint density at radius 2 is 2.20 bits per heavy atom. The van der Waals surface area contributed by atoms with Crippen molar-refractivity contribution >= 4 is 0 Å². The molecule has 0 spiro atoms. The van der Waals surface area contributed by atoms with Crippen LogP contribution in [0.4, 0.5) is 0 Å². The zero-order valence-corrected chi connectivity index (χ0v) is 9.60. The number of methoxy groups -OCH3 is 1. The van der Waals surface area contributed by atoms with Crippen molar-refractivity contribution in [3.05, 3.63) is 23.9 Å². The van der Waals surface area contributed by atoms with E-state index in [1.807, 2.05) is 6.07 Å². The molecule has 0 saturated carbocycles. The van der Waals surface area contributed by atoms with Crippen LogP contribution in [0.15, 0.2) is 18.3 Å². The molecule has 0 aromatic carbocycles. The van der Waals surface area contributed by atoms with Gasteiger partial charge in [0, 0.05) is 12.3 Å². The first kappa shape index (κ1) is 12.0. The zero-order valence-electron chi connectivity index (χ0n) is 9.60. The standard InChI is InChI=1S/C12H19NO2/c1-4-5-9(2)12(14)10-6-7-11(15-3)13-8-10/h6-9,12,14H,4-5H2,1-3H3. The smallest absolute Gasteiger partial charge is 0.212 e. The molecule has 1 rings (SSSR count). The van der Waals surface area contributed by atoms with E-state index in [0.29, 0.717) is 5.88 Å². The normalized spacial score (nSPS) is 14.7. The van der Waals surface area contributed by atoms with Crippen LogP contribution in [-0.4, -0.2) is 17.2 Å². The van der Waals surface area contributed by atoms with E-state index in [0.717, 1.165) is 18.4 Å². The third-order valence-corrected chi connectivity index (χ3v) is 2.59. The molecule has 0 aliphatic carbocycles. The molecule has 1 N–H and O–H groups in total. The molecule has 0 aliphatic heterocycles. The van der Waals surface area contributed by atoms with E-state index < -0.39 is 6.10 Å². The number of aliphatic hydroxyl groups excluding tert-OH is 1. The summed E-state index contributed by atoms with van der Waals surface area (Å²) < 4.78 is 4.96. The third-order valence-electron chi connectivity index (χ3n) is 2.59. The lowest BCUT2D eigenvalue weighted by molar-refractivity contribution is 0.112. The molecule has 15 heavy (non-hydrogen) atoms. The van der Waals surface area contributed by atoms with E-state index in [4.69, 9.17) is 4.74 Å². The lowest BCUT2D eigenvalue weighted by Crippen LogP contribution is -2.09. The van der Waals surface area contributed by atoms with Crippen LogP contribution in [0, 0.1) is 5.92 Å². The van der Waals surface area contributed by atoms with Crippen LogP contribution in [0.1, 0.15) is 38.4 Å². The van der Waals surface area contributed by atoms with Gasteiger partial charge in [0.2, 0.25) is 5.88 Å². The summed E-state index contributed by atoms with van der Waals surface area (Å²) >= 11 is 0. The summed E-state index contributed by atoms with van der Waals surface area (Å²) in [6.07, 6.45) is 3.35. The van der Waals surface area contributed by atoms with E-state index in [1.165, 1.54) is 0 Å². The molecule has 0 fully saturated rings. The molecule has 84 valence electrons. The SMILES string of the molecule is CCCC(C)C(O)c1ccc(OC)nc1. The second kappa shape index (κ2) is 5.71. The van der Waals surface area contributed by atoms with Crippen LogP contribution < -0.4 is 4.74 Å². The summed E-state index contributed by atoms with van der Waals surface area (Å²) in [6, 6.07) is 3.64. The van der Waals surface area contributed by atoms with Gasteiger partial charge in [0.1, 0.15) is 0 Å². The summed E-state index contributed by atoms with van der Waals surface area (Å²) in [4.78, 5) is 4.08. The number of hydrogen-bond donors (Lipinski definition) is 1. The maximum absolute atomic E-state index is 10.0. The molecule has 0 saturated heterocycles. The molecule has 1 heterocycles. The second-order valence-electron chi connectivity index (χ2n) is 3.84. The summed E-state index contributed by atoms with van der Waals surface area (Å²) in [5, 5.41) is 10.0. The molecular formula is C12H19NO2. The van der Waals surface area contributed by atoms with Gasteiger partial charge in [-0.1, -0.05) is 20.3 Å². The van der Waals surface area contributed by atoms with Crippen molar-refractivity contribution < 1.29 is 9.84 Å². The van der Waals surface area contributed by atoms with Crippen molar-refractivity contribution in [1.29, 1.82) is 0 Å². The average molecular weight is 209 g/mol. The van der Waals surface area contributed by atoms with E-state index in [1.54, 1.807) is 19.4 Å². The summed E-state index contributed by atoms with van der Waals surface area (Å²) in [5.41, 5.74) is 0.858. The molecule has 0 bridgehead atoms. The lowest BCUT2D eigenvalue weighted by Gasteiger charge is -2.18. The Labute approximate surface area is 91.1 Å². The van der Waals surface area contributed by atoms with Gasteiger partial charge in [0.05, 0.1) is 13.2 Å². The van der Waals surface area contributed by atoms with Gasteiger partial charge in [0.15, 0.2) is 0 Å². The summed E-state index contributed by atoms with van der Waals surface area (Å²) in [5.74, 6) is 0.847. The predicted molar refractivity (Wildman–Crippen MR) is 59.8 cm³/mol. The number of pyridine rings is 1. The van der Waals surface area contributed by atoms with Crippen LogP contribution in [-0.2, 0) is 0 Å². The number of nitrogens with zero attached hydrogens (tertiary/aromatic N) is 1. The molecule has 3 heteroatoms. The average Bonchev–Trinajstić information content (AvgIpc) is 2.28. The van der Waals surface area contributed by atoms with Gasteiger partial charge in [-0.2, -0.15) is 0 Å². The van der Waals surface area contributed by atoms with Crippen molar-refractivity contribution in [3.8, 4) is 5.88 Å². The highest BCUT2D eigenvalue weighted by Crippen LogP contribution is 2.25. The Balaban J connectivity index is 2.69. The third kappa shape index (κ3) is 3.20. The predicted octanol–water partition coefficient (Wildman–Crippen LogP) is 2.56. The lowest BCUT2D eigenvalue weighted by atomic mass is 9.95. The van der Waals surface area contributed by atoms with Gasteiger partial charge < -0.3 is 9.84 Å². The van der Waals surface area contributed by atoms with Crippen LogP contribution in [0.3, 0.4) is 0 Å². The molecule has 3 nitrogen and oxygen atoms in total. The fourth-order valence-corrected chi connectivity index (χ4v) is 1.63. The van der Waals surface area contributed by atoms with Crippen LogP contribution in [0.2, 0.25) is 0 Å². The van der Waals surface area contributed by atoms with Gasteiger partial charge in [-0.25, -0.2) is 4.98 Å². The molecule has 2 atom stereocenters. The monoisotopic (exact) mass is 209 g/mol. The first-order valence-electron chi connectivity index (χ1n) is 5.37. The first-order chi connectivity index (χ1) is 7.19. The van der Waals surface area contributed by atoms with Gasteiger partial charge in [-0.15, -0.1) is 0 Å². The highest BCUT2D eigenvalue weighted by molar-refractivity contribution is 5.19. The van der Waals surface area contributed by atoms with Crippen molar-refractivity contribution in [2.24, 2.45) is 5.92 Å². The van der Waals surface area contributed by atoms with E-state index in [9.17, 15) is 5.11 Å². The van der Waals surface area contributed by atoms with Crippen molar-refractivity contribution in [3.63, 3.8) is 0 Å². The highest BCUT2D eigenvalue weighted by Gasteiger charge is 2.15. The quantitative estimate of drug-likeness (QED) is 0.810. The minimum Gasteiger partial charge on any atom is -0.481 e. The van der Waals surface area contributed by atoms with Crippen LogP contribution in [0.5, 0.6) is 5.88 Å². The van der Waals surface area contributed by atoms with Gasteiger partial charge in [0.25, 0.3) is 0 Å². The topological polar surface area (TPSA) is 42.4 Å². The fraction of sp³-hybridized carbons (Fsp3) is 0.583. The molecule has 0 amide bonds. The molecule has 0 aliphatic rings. The minimum absolute atomic E-state index is 0.269. The molecule has 1 aromatic rings. The summed E-state index contributed by atoms with van der Waals surface area (Å²) in [6.45, 7) is 4.17. The van der Waals surface area contributed by atoms with Crippen LogP contribution >= 0.6 is 0 Å².